The molecule has 0 aromatic carbocycles. The summed E-state index contributed by atoms with van der Waals surface area (Å²) in [6.07, 6.45) is 4.12. The van der Waals surface area contributed by atoms with Crippen LogP contribution in [0.1, 0.15) is 59.8 Å². The van der Waals surface area contributed by atoms with Crippen LogP contribution < -0.4 is 5.32 Å². The summed E-state index contributed by atoms with van der Waals surface area (Å²) in [6, 6.07) is 0. The average molecular weight is 283 g/mol. The Morgan fingerprint density at radius 3 is 2.45 bits per heavy atom. The topological polar surface area (TPSA) is 66.4 Å². The summed E-state index contributed by atoms with van der Waals surface area (Å²) in [5.41, 5.74) is 0.0738. The predicted octanol–water partition coefficient (Wildman–Crippen LogP) is 3.07. The lowest BCUT2D eigenvalue weighted by Crippen LogP contribution is -2.39. The Morgan fingerprint density at radius 2 is 2.00 bits per heavy atom. The SMILES string of the molecule is CC(C)CC(CNC(=O)C1CCCC1(C)C)CC(=O)O. The number of nitrogens with one attached hydrogen (secondary N) is 1. The van der Waals surface area contributed by atoms with E-state index in [0.29, 0.717) is 12.5 Å². The minimum absolute atomic E-state index is 0.0287. The molecule has 0 spiro atoms. The molecule has 1 aliphatic rings. The molecule has 0 aliphatic heterocycles. The van der Waals surface area contributed by atoms with E-state index in [4.69, 9.17) is 5.11 Å². The summed E-state index contributed by atoms with van der Waals surface area (Å²) < 4.78 is 0. The van der Waals surface area contributed by atoms with E-state index in [1.807, 2.05) is 0 Å². The Balaban J connectivity index is 2.49. The molecule has 1 fully saturated rings. The van der Waals surface area contributed by atoms with Crippen molar-refractivity contribution >= 4 is 11.9 Å². The fourth-order valence-electron chi connectivity index (χ4n) is 3.33. The molecule has 20 heavy (non-hydrogen) atoms. The molecule has 0 bridgehead atoms. The third-order valence-corrected chi connectivity index (χ3v) is 4.41. The highest BCUT2D eigenvalue weighted by atomic mass is 16.4. The molecule has 0 heterocycles. The Hall–Kier alpha value is -1.06. The Bertz CT molecular complexity index is 350. The largest absolute Gasteiger partial charge is 0.481 e. The molecular formula is C16H29NO3. The molecule has 1 rings (SSSR count). The van der Waals surface area contributed by atoms with Crippen LogP contribution >= 0.6 is 0 Å². The zero-order chi connectivity index (χ0) is 15.3. The van der Waals surface area contributed by atoms with Gasteiger partial charge in [-0.05, 0) is 36.5 Å². The van der Waals surface area contributed by atoms with Crippen LogP contribution in [0.25, 0.3) is 0 Å². The molecule has 0 aromatic rings. The summed E-state index contributed by atoms with van der Waals surface area (Å²) in [7, 11) is 0. The van der Waals surface area contributed by atoms with E-state index < -0.39 is 5.97 Å². The van der Waals surface area contributed by atoms with Crippen molar-refractivity contribution < 1.29 is 14.7 Å². The van der Waals surface area contributed by atoms with Crippen LogP contribution in [0.5, 0.6) is 0 Å². The molecule has 4 heteroatoms. The monoisotopic (exact) mass is 283 g/mol. The van der Waals surface area contributed by atoms with Crippen molar-refractivity contribution in [3.8, 4) is 0 Å². The Morgan fingerprint density at radius 1 is 1.35 bits per heavy atom. The van der Waals surface area contributed by atoms with Gasteiger partial charge in [-0.3, -0.25) is 9.59 Å². The van der Waals surface area contributed by atoms with E-state index in [-0.39, 0.29) is 29.6 Å². The number of carboxylic acids is 1. The maximum absolute atomic E-state index is 12.3. The van der Waals surface area contributed by atoms with E-state index in [9.17, 15) is 9.59 Å². The van der Waals surface area contributed by atoms with Gasteiger partial charge in [-0.1, -0.05) is 34.1 Å². The van der Waals surface area contributed by atoms with Gasteiger partial charge in [-0.15, -0.1) is 0 Å². The van der Waals surface area contributed by atoms with Crippen molar-refractivity contribution in [1.29, 1.82) is 0 Å². The molecule has 2 N–H and O–H groups in total. The zero-order valence-corrected chi connectivity index (χ0v) is 13.2. The van der Waals surface area contributed by atoms with Gasteiger partial charge in [-0.2, -0.15) is 0 Å². The summed E-state index contributed by atoms with van der Waals surface area (Å²) in [4.78, 5) is 23.2. The van der Waals surface area contributed by atoms with E-state index in [1.165, 1.54) is 0 Å². The number of aliphatic carboxylic acids is 1. The van der Waals surface area contributed by atoms with Crippen molar-refractivity contribution in [3.63, 3.8) is 0 Å². The lowest BCUT2D eigenvalue weighted by molar-refractivity contribution is -0.138. The number of carboxylic acid groups (broad SMARTS) is 1. The van der Waals surface area contributed by atoms with Crippen molar-refractivity contribution in [1.82, 2.24) is 5.32 Å². The van der Waals surface area contributed by atoms with Crippen LogP contribution in [0.4, 0.5) is 0 Å². The van der Waals surface area contributed by atoms with Crippen molar-refractivity contribution in [2.45, 2.75) is 59.8 Å². The van der Waals surface area contributed by atoms with Gasteiger partial charge < -0.3 is 10.4 Å². The average Bonchev–Trinajstić information content (AvgIpc) is 2.64. The quantitative estimate of drug-likeness (QED) is 0.754. The van der Waals surface area contributed by atoms with Gasteiger partial charge in [0.1, 0.15) is 0 Å². The van der Waals surface area contributed by atoms with Crippen molar-refractivity contribution in [2.24, 2.45) is 23.2 Å². The van der Waals surface area contributed by atoms with E-state index >= 15 is 0 Å². The first kappa shape index (κ1) is 17.0. The van der Waals surface area contributed by atoms with Gasteiger partial charge >= 0.3 is 5.97 Å². The second kappa shape index (κ2) is 7.09. The van der Waals surface area contributed by atoms with Gasteiger partial charge in [0.25, 0.3) is 0 Å². The molecule has 116 valence electrons. The summed E-state index contributed by atoms with van der Waals surface area (Å²) in [5, 5.41) is 11.9. The Labute approximate surface area is 122 Å². The van der Waals surface area contributed by atoms with Gasteiger partial charge in [0.05, 0.1) is 0 Å². The number of amides is 1. The van der Waals surface area contributed by atoms with Gasteiger partial charge in [0, 0.05) is 18.9 Å². The summed E-state index contributed by atoms with van der Waals surface area (Å²) in [6.45, 7) is 8.93. The maximum Gasteiger partial charge on any atom is 0.303 e. The molecule has 1 amide bonds. The molecule has 2 atom stereocenters. The molecule has 0 saturated heterocycles. The highest BCUT2D eigenvalue weighted by Crippen LogP contribution is 2.42. The number of carbonyl (C=O) groups is 2. The van der Waals surface area contributed by atoms with Gasteiger partial charge in [0.2, 0.25) is 5.91 Å². The third-order valence-electron chi connectivity index (χ3n) is 4.41. The lowest BCUT2D eigenvalue weighted by atomic mass is 9.81. The third kappa shape index (κ3) is 5.14. The lowest BCUT2D eigenvalue weighted by Gasteiger charge is -2.27. The second-order valence-electron chi connectivity index (χ2n) is 7.27. The number of hydrogen-bond donors (Lipinski definition) is 2. The van der Waals surface area contributed by atoms with Crippen LogP contribution in [-0.2, 0) is 9.59 Å². The van der Waals surface area contributed by atoms with Gasteiger partial charge in [-0.25, -0.2) is 0 Å². The minimum atomic E-state index is -0.786. The van der Waals surface area contributed by atoms with Crippen LogP contribution in [0.2, 0.25) is 0 Å². The van der Waals surface area contributed by atoms with Crippen LogP contribution in [0.15, 0.2) is 0 Å². The molecule has 4 nitrogen and oxygen atoms in total. The van der Waals surface area contributed by atoms with E-state index in [0.717, 1.165) is 25.7 Å². The van der Waals surface area contributed by atoms with Crippen molar-refractivity contribution in [2.75, 3.05) is 6.54 Å². The first-order valence-corrected chi connectivity index (χ1v) is 7.72. The van der Waals surface area contributed by atoms with Crippen LogP contribution in [-0.4, -0.2) is 23.5 Å². The second-order valence-corrected chi connectivity index (χ2v) is 7.27. The summed E-state index contributed by atoms with van der Waals surface area (Å²) in [5.74, 6) is -0.134. The fourth-order valence-corrected chi connectivity index (χ4v) is 3.33. The fraction of sp³-hybridized carbons (Fsp3) is 0.875. The number of hydrogen-bond acceptors (Lipinski definition) is 2. The first-order chi connectivity index (χ1) is 9.22. The molecule has 1 aliphatic carbocycles. The molecule has 0 radical (unpaired) electrons. The van der Waals surface area contributed by atoms with Crippen LogP contribution in [0.3, 0.4) is 0 Å². The maximum atomic E-state index is 12.3. The molecular weight excluding hydrogens is 254 g/mol. The number of rotatable bonds is 7. The highest BCUT2D eigenvalue weighted by Gasteiger charge is 2.39. The summed E-state index contributed by atoms with van der Waals surface area (Å²) >= 11 is 0. The normalized spacial score (nSPS) is 22.8. The first-order valence-electron chi connectivity index (χ1n) is 7.72. The van der Waals surface area contributed by atoms with Crippen molar-refractivity contribution in [3.05, 3.63) is 0 Å². The zero-order valence-electron chi connectivity index (χ0n) is 13.2. The smallest absolute Gasteiger partial charge is 0.303 e. The predicted molar refractivity (Wildman–Crippen MR) is 79.3 cm³/mol. The Kier molecular flexibility index (Phi) is 6.03. The minimum Gasteiger partial charge on any atom is -0.481 e. The van der Waals surface area contributed by atoms with E-state index in [2.05, 4.69) is 33.0 Å². The highest BCUT2D eigenvalue weighted by molar-refractivity contribution is 5.79. The molecule has 0 aromatic heterocycles. The van der Waals surface area contributed by atoms with E-state index in [1.54, 1.807) is 0 Å². The number of carbonyl (C=O) groups excluding carboxylic acids is 1. The van der Waals surface area contributed by atoms with Gasteiger partial charge in [0.15, 0.2) is 0 Å². The van der Waals surface area contributed by atoms with Crippen LogP contribution in [0, 0.1) is 23.2 Å². The molecule has 1 saturated carbocycles. The standard InChI is InChI=1S/C16H29NO3/c1-11(2)8-12(9-14(18)19)10-17-15(20)13-6-5-7-16(13,3)4/h11-13H,5-10H2,1-4H3,(H,17,20)(H,18,19). The molecule has 2 unspecified atom stereocenters.